The molecule has 0 saturated carbocycles. The highest BCUT2D eigenvalue weighted by molar-refractivity contribution is 7.88. The minimum atomic E-state index is -2.99. The predicted molar refractivity (Wildman–Crippen MR) is 53.1 cm³/mol. The molecule has 1 aliphatic heterocycles. The number of likely N-dealkylation sites (N-methyl/N-ethyl adjacent to an activating group) is 1. The lowest BCUT2D eigenvalue weighted by Gasteiger charge is -2.34. The summed E-state index contributed by atoms with van der Waals surface area (Å²) in [5.74, 6) is 0. The molecule has 0 radical (unpaired) electrons. The molecule has 0 spiro atoms. The molecule has 1 rings (SSSR count). The first-order valence-corrected chi connectivity index (χ1v) is 6.37. The Kier molecular flexibility index (Phi) is 3.32. The second-order valence-corrected chi connectivity index (χ2v) is 5.86. The molecule has 0 aliphatic carbocycles. The van der Waals surface area contributed by atoms with Crippen LogP contribution in [-0.4, -0.2) is 57.1 Å². The highest BCUT2D eigenvalue weighted by atomic mass is 32.2. The molecule has 1 unspecified atom stereocenters. The van der Waals surface area contributed by atoms with Crippen LogP contribution in [0.2, 0.25) is 0 Å². The summed E-state index contributed by atoms with van der Waals surface area (Å²) in [7, 11) is 1.01. The topological polar surface area (TPSA) is 40.6 Å². The van der Waals surface area contributed by atoms with Crippen molar-refractivity contribution in [2.45, 2.75) is 18.9 Å². The molecule has 0 aromatic heterocycles. The normalized spacial score (nSPS) is 26.6. The van der Waals surface area contributed by atoms with E-state index in [4.69, 9.17) is 0 Å². The number of hydrogen-bond donors (Lipinski definition) is 0. The Morgan fingerprint density at radius 3 is 2.46 bits per heavy atom. The number of rotatable bonds is 2. The molecule has 1 aliphatic rings. The zero-order valence-electron chi connectivity index (χ0n) is 8.52. The van der Waals surface area contributed by atoms with E-state index in [1.807, 2.05) is 14.1 Å². The molecule has 1 fully saturated rings. The molecule has 0 aromatic rings. The summed E-state index contributed by atoms with van der Waals surface area (Å²) in [6, 6.07) is 0.378. The Bertz CT molecular complexity index is 261. The van der Waals surface area contributed by atoms with Crippen molar-refractivity contribution in [1.82, 2.24) is 9.21 Å². The Balaban J connectivity index is 2.62. The Morgan fingerprint density at radius 1 is 1.38 bits per heavy atom. The van der Waals surface area contributed by atoms with Crippen LogP contribution in [0, 0.1) is 0 Å². The summed E-state index contributed by atoms with van der Waals surface area (Å²) >= 11 is 0. The van der Waals surface area contributed by atoms with Crippen LogP contribution in [0.1, 0.15) is 12.8 Å². The van der Waals surface area contributed by atoms with Crippen LogP contribution in [0.25, 0.3) is 0 Å². The maximum Gasteiger partial charge on any atom is 0.211 e. The van der Waals surface area contributed by atoms with Crippen molar-refractivity contribution in [1.29, 1.82) is 0 Å². The zero-order chi connectivity index (χ0) is 10.1. The Morgan fingerprint density at radius 2 is 2.00 bits per heavy atom. The second-order valence-electron chi connectivity index (χ2n) is 3.88. The van der Waals surface area contributed by atoms with Gasteiger partial charge in [-0.15, -0.1) is 0 Å². The lowest BCUT2D eigenvalue weighted by atomic mass is 10.1. The molecular weight excluding hydrogens is 188 g/mol. The fourth-order valence-corrected chi connectivity index (χ4v) is 2.55. The van der Waals surface area contributed by atoms with Crippen LogP contribution in [-0.2, 0) is 10.0 Å². The van der Waals surface area contributed by atoms with Crippen molar-refractivity contribution in [2.24, 2.45) is 0 Å². The van der Waals surface area contributed by atoms with E-state index in [1.54, 1.807) is 4.31 Å². The molecule has 13 heavy (non-hydrogen) atoms. The molecule has 0 aromatic carbocycles. The summed E-state index contributed by atoms with van der Waals surface area (Å²) in [6.07, 6.45) is 3.35. The first kappa shape index (κ1) is 10.9. The van der Waals surface area contributed by atoms with Crippen molar-refractivity contribution in [2.75, 3.05) is 33.4 Å². The van der Waals surface area contributed by atoms with Gasteiger partial charge in [-0.05, 0) is 26.9 Å². The summed E-state index contributed by atoms with van der Waals surface area (Å²) in [4.78, 5) is 2.09. The predicted octanol–water partition coefficient (Wildman–Crippen LogP) is -0.0280. The molecule has 5 heteroatoms. The van der Waals surface area contributed by atoms with Crippen molar-refractivity contribution in [3.8, 4) is 0 Å². The third-order valence-electron chi connectivity index (χ3n) is 2.56. The molecule has 1 heterocycles. The smallest absolute Gasteiger partial charge is 0.211 e. The fourth-order valence-electron chi connectivity index (χ4n) is 1.64. The van der Waals surface area contributed by atoms with Crippen molar-refractivity contribution < 1.29 is 8.42 Å². The lowest BCUT2D eigenvalue weighted by molar-refractivity contribution is 0.191. The van der Waals surface area contributed by atoms with E-state index in [0.717, 1.165) is 12.8 Å². The van der Waals surface area contributed by atoms with Crippen LogP contribution in [0.15, 0.2) is 0 Å². The minimum absolute atomic E-state index is 0.378. The average molecular weight is 206 g/mol. The largest absolute Gasteiger partial charge is 0.305 e. The van der Waals surface area contributed by atoms with Gasteiger partial charge in [0.25, 0.3) is 0 Å². The van der Waals surface area contributed by atoms with E-state index in [0.29, 0.717) is 19.1 Å². The Labute approximate surface area is 80.6 Å². The molecule has 1 atom stereocenters. The summed E-state index contributed by atoms with van der Waals surface area (Å²) < 4.78 is 24.1. The first-order chi connectivity index (χ1) is 5.91. The van der Waals surface area contributed by atoms with Gasteiger partial charge in [0.15, 0.2) is 0 Å². The zero-order valence-corrected chi connectivity index (χ0v) is 9.34. The van der Waals surface area contributed by atoms with E-state index in [2.05, 4.69) is 4.90 Å². The van der Waals surface area contributed by atoms with E-state index in [9.17, 15) is 8.42 Å². The number of hydrogen-bond acceptors (Lipinski definition) is 3. The SMILES string of the molecule is CN(C)C1CCCN(S(C)(=O)=O)C1. The molecule has 1 saturated heterocycles. The van der Waals surface area contributed by atoms with Gasteiger partial charge in [0, 0.05) is 19.1 Å². The van der Waals surface area contributed by atoms with E-state index in [1.165, 1.54) is 6.26 Å². The number of piperidine rings is 1. The first-order valence-electron chi connectivity index (χ1n) is 4.53. The van der Waals surface area contributed by atoms with Gasteiger partial charge in [-0.25, -0.2) is 12.7 Å². The molecular formula is C8H18N2O2S. The monoisotopic (exact) mass is 206 g/mol. The second kappa shape index (κ2) is 3.94. The quantitative estimate of drug-likeness (QED) is 0.637. The molecule has 0 amide bonds. The van der Waals surface area contributed by atoms with Gasteiger partial charge in [-0.2, -0.15) is 0 Å². The van der Waals surface area contributed by atoms with Gasteiger partial charge < -0.3 is 4.90 Å². The van der Waals surface area contributed by atoms with Crippen LogP contribution in [0.5, 0.6) is 0 Å². The van der Waals surface area contributed by atoms with Gasteiger partial charge in [-0.1, -0.05) is 0 Å². The molecule has 78 valence electrons. The van der Waals surface area contributed by atoms with E-state index < -0.39 is 10.0 Å². The Hall–Kier alpha value is -0.130. The third kappa shape index (κ3) is 2.93. The van der Waals surface area contributed by atoms with Crippen LogP contribution in [0.4, 0.5) is 0 Å². The maximum absolute atomic E-state index is 11.3. The molecule has 4 nitrogen and oxygen atoms in total. The van der Waals surface area contributed by atoms with Gasteiger partial charge in [0.1, 0.15) is 0 Å². The van der Waals surface area contributed by atoms with Gasteiger partial charge >= 0.3 is 0 Å². The van der Waals surface area contributed by atoms with Gasteiger partial charge in [0.05, 0.1) is 6.26 Å². The molecule has 0 bridgehead atoms. The van der Waals surface area contributed by atoms with E-state index >= 15 is 0 Å². The summed E-state index contributed by atoms with van der Waals surface area (Å²) in [6.45, 7) is 1.33. The van der Waals surface area contributed by atoms with Crippen molar-refractivity contribution in [3.63, 3.8) is 0 Å². The minimum Gasteiger partial charge on any atom is -0.305 e. The van der Waals surface area contributed by atoms with Crippen LogP contribution in [0.3, 0.4) is 0 Å². The van der Waals surface area contributed by atoms with Gasteiger partial charge in [0.2, 0.25) is 10.0 Å². The fraction of sp³-hybridized carbons (Fsp3) is 1.00. The number of nitrogens with zero attached hydrogens (tertiary/aromatic N) is 2. The summed E-state index contributed by atoms with van der Waals surface area (Å²) in [5.41, 5.74) is 0. The molecule has 0 N–H and O–H groups in total. The number of sulfonamides is 1. The lowest BCUT2D eigenvalue weighted by Crippen LogP contribution is -2.47. The van der Waals surface area contributed by atoms with Crippen LogP contribution < -0.4 is 0 Å². The average Bonchev–Trinajstić information content (AvgIpc) is 2.03. The standard InChI is InChI=1S/C8H18N2O2S/c1-9(2)8-5-4-6-10(7-8)13(3,11)12/h8H,4-7H2,1-3H3. The van der Waals surface area contributed by atoms with Gasteiger partial charge in [-0.3, -0.25) is 0 Å². The van der Waals surface area contributed by atoms with Crippen molar-refractivity contribution >= 4 is 10.0 Å². The highest BCUT2D eigenvalue weighted by Crippen LogP contribution is 2.15. The van der Waals surface area contributed by atoms with Crippen LogP contribution >= 0.6 is 0 Å². The van der Waals surface area contributed by atoms with Crippen molar-refractivity contribution in [3.05, 3.63) is 0 Å². The third-order valence-corrected chi connectivity index (χ3v) is 3.83. The van der Waals surface area contributed by atoms with E-state index in [-0.39, 0.29) is 0 Å². The highest BCUT2D eigenvalue weighted by Gasteiger charge is 2.26. The summed E-state index contributed by atoms with van der Waals surface area (Å²) in [5, 5.41) is 0. The maximum atomic E-state index is 11.3.